The lowest BCUT2D eigenvalue weighted by Gasteiger charge is -2.32. The lowest BCUT2D eigenvalue weighted by atomic mass is 10.1. The minimum Gasteiger partial charge on any atom is -0.444 e. The number of halogens is 1. The van der Waals surface area contributed by atoms with E-state index in [4.69, 9.17) is 10.5 Å². The molecule has 0 aromatic heterocycles. The summed E-state index contributed by atoms with van der Waals surface area (Å²) < 4.78 is 5.36. The monoisotopic (exact) mass is 540 g/mol. The summed E-state index contributed by atoms with van der Waals surface area (Å²) in [4.78, 5) is 29.9. The van der Waals surface area contributed by atoms with Gasteiger partial charge in [0.25, 0.3) is 0 Å². The summed E-state index contributed by atoms with van der Waals surface area (Å²) >= 11 is 0. The van der Waals surface area contributed by atoms with Crippen LogP contribution in [0.4, 0.5) is 4.79 Å². The second kappa shape index (κ2) is 14.7. The molecule has 0 aromatic rings. The summed E-state index contributed by atoms with van der Waals surface area (Å²) in [5.74, 6) is 0.457. The zero-order valence-electron chi connectivity index (χ0n) is 19.1. The van der Waals surface area contributed by atoms with Crippen molar-refractivity contribution in [1.29, 1.82) is 0 Å². The molecule has 0 radical (unpaired) electrons. The Morgan fingerprint density at radius 3 is 2.37 bits per heavy atom. The van der Waals surface area contributed by atoms with E-state index in [0.29, 0.717) is 19.1 Å². The molecular formula is C20H41IN6O3. The van der Waals surface area contributed by atoms with Gasteiger partial charge in [0.2, 0.25) is 5.91 Å². The standard InChI is InChI=1S/C20H40N6O3.HI/c1-6-8-16(25-19(28)29-20(3,4)5)13-23-18(22-7-2)24-15-9-11-26(12-10-15)14-17(21)27;/h15-16H,6-14H2,1-5H3,(H2,21,27)(H,25,28)(H2,22,23,24);1H. The van der Waals surface area contributed by atoms with E-state index >= 15 is 0 Å². The Bertz CT molecular complexity index is 545. The number of hydrogen-bond donors (Lipinski definition) is 4. The van der Waals surface area contributed by atoms with Crippen molar-refractivity contribution >= 4 is 41.9 Å². The predicted octanol–water partition coefficient (Wildman–Crippen LogP) is 1.80. The Morgan fingerprint density at radius 2 is 1.87 bits per heavy atom. The van der Waals surface area contributed by atoms with E-state index in [1.54, 1.807) is 0 Å². The third-order valence-electron chi connectivity index (χ3n) is 4.48. The molecule has 1 atom stereocenters. The van der Waals surface area contributed by atoms with Crippen LogP contribution in [0.3, 0.4) is 0 Å². The number of rotatable bonds is 9. The highest BCUT2D eigenvalue weighted by atomic mass is 127. The van der Waals surface area contributed by atoms with E-state index < -0.39 is 11.7 Å². The molecule has 0 aromatic carbocycles. The number of alkyl carbamates (subject to hydrolysis) is 1. The summed E-state index contributed by atoms with van der Waals surface area (Å²) in [5.41, 5.74) is 4.75. The van der Waals surface area contributed by atoms with Gasteiger partial charge < -0.3 is 26.4 Å². The molecule has 1 saturated heterocycles. The number of amides is 2. The molecule has 0 saturated carbocycles. The maximum absolute atomic E-state index is 12.1. The summed E-state index contributed by atoms with van der Waals surface area (Å²) in [6.07, 6.45) is 3.20. The van der Waals surface area contributed by atoms with Crippen molar-refractivity contribution in [2.75, 3.05) is 32.7 Å². The summed E-state index contributed by atoms with van der Waals surface area (Å²) in [5, 5.41) is 9.67. The first kappa shape index (κ1) is 28.7. The van der Waals surface area contributed by atoms with Crippen LogP contribution in [0.1, 0.15) is 60.3 Å². The smallest absolute Gasteiger partial charge is 0.407 e. The molecular weight excluding hydrogens is 499 g/mol. The van der Waals surface area contributed by atoms with Crippen molar-refractivity contribution in [2.45, 2.75) is 78.0 Å². The first-order valence-electron chi connectivity index (χ1n) is 10.7. The van der Waals surface area contributed by atoms with Crippen LogP contribution < -0.4 is 21.7 Å². The first-order valence-corrected chi connectivity index (χ1v) is 10.7. The molecule has 0 bridgehead atoms. The zero-order chi connectivity index (χ0) is 21.9. The Labute approximate surface area is 198 Å². The number of nitrogens with zero attached hydrogens (tertiary/aromatic N) is 2. The van der Waals surface area contributed by atoms with Gasteiger partial charge in [-0.1, -0.05) is 13.3 Å². The van der Waals surface area contributed by atoms with Gasteiger partial charge in [-0.05, 0) is 47.0 Å². The first-order chi connectivity index (χ1) is 13.6. The van der Waals surface area contributed by atoms with E-state index in [-0.39, 0.29) is 35.9 Å². The van der Waals surface area contributed by atoms with Gasteiger partial charge in [-0.3, -0.25) is 14.7 Å². The SMILES string of the molecule is CCCC(CN=C(NCC)NC1CCN(CC(N)=O)CC1)NC(=O)OC(C)(C)C.I. The van der Waals surface area contributed by atoms with E-state index in [1.165, 1.54) is 0 Å². The molecule has 1 unspecified atom stereocenters. The number of ether oxygens (including phenoxy) is 1. The number of primary amides is 1. The van der Waals surface area contributed by atoms with Crippen LogP contribution in [0, 0.1) is 0 Å². The van der Waals surface area contributed by atoms with Gasteiger partial charge in [0, 0.05) is 25.7 Å². The summed E-state index contributed by atoms with van der Waals surface area (Å²) in [6, 6.07) is 0.211. The Kier molecular flexibility index (Phi) is 14.0. The van der Waals surface area contributed by atoms with Gasteiger partial charge in [0.1, 0.15) is 5.60 Å². The average molecular weight is 540 g/mol. The topological polar surface area (TPSA) is 121 Å². The molecule has 0 spiro atoms. The second-order valence-corrected chi connectivity index (χ2v) is 8.51. The van der Waals surface area contributed by atoms with E-state index in [9.17, 15) is 9.59 Å². The van der Waals surface area contributed by atoms with Gasteiger partial charge in [-0.2, -0.15) is 0 Å². The van der Waals surface area contributed by atoms with Crippen LogP contribution in [0.15, 0.2) is 4.99 Å². The van der Waals surface area contributed by atoms with Crippen LogP contribution in [0.5, 0.6) is 0 Å². The van der Waals surface area contributed by atoms with Crippen molar-refractivity contribution in [3.05, 3.63) is 0 Å². The van der Waals surface area contributed by atoms with Crippen molar-refractivity contribution in [2.24, 2.45) is 10.7 Å². The molecule has 10 heteroatoms. The number of hydrogen-bond acceptors (Lipinski definition) is 5. The van der Waals surface area contributed by atoms with Crippen molar-refractivity contribution < 1.29 is 14.3 Å². The number of likely N-dealkylation sites (tertiary alicyclic amines) is 1. The van der Waals surface area contributed by atoms with E-state index in [0.717, 1.165) is 51.3 Å². The molecule has 1 aliphatic rings. The minimum absolute atomic E-state index is 0. The number of nitrogens with one attached hydrogen (secondary N) is 3. The van der Waals surface area contributed by atoms with Crippen LogP contribution in [0.25, 0.3) is 0 Å². The van der Waals surface area contributed by atoms with Crippen molar-refractivity contribution in [3.63, 3.8) is 0 Å². The Morgan fingerprint density at radius 1 is 1.23 bits per heavy atom. The molecule has 176 valence electrons. The van der Waals surface area contributed by atoms with Crippen molar-refractivity contribution in [1.82, 2.24) is 20.9 Å². The largest absolute Gasteiger partial charge is 0.444 e. The van der Waals surface area contributed by atoms with Crippen LogP contribution >= 0.6 is 24.0 Å². The molecule has 1 aliphatic heterocycles. The number of guanidine groups is 1. The average Bonchev–Trinajstić information content (AvgIpc) is 2.59. The minimum atomic E-state index is -0.524. The fraction of sp³-hybridized carbons (Fsp3) is 0.850. The number of nitrogens with two attached hydrogens (primary N) is 1. The maximum atomic E-state index is 12.1. The number of aliphatic imine (C=N–C) groups is 1. The normalized spacial score (nSPS) is 16.9. The molecule has 9 nitrogen and oxygen atoms in total. The Balaban J connectivity index is 0.00000841. The van der Waals surface area contributed by atoms with Crippen LogP contribution in [-0.4, -0.2) is 73.3 Å². The second-order valence-electron chi connectivity index (χ2n) is 8.51. The molecule has 1 rings (SSSR count). The number of carbonyl (C=O) groups excluding carboxylic acids is 2. The van der Waals surface area contributed by atoms with E-state index in [1.807, 2.05) is 27.7 Å². The molecule has 30 heavy (non-hydrogen) atoms. The van der Waals surface area contributed by atoms with Gasteiger partial charge in [0.05, 0.1) is 19.1 Å². The lowest BCUT2D eigenvalue weighted by Crippen LogP contribution is -2.50. The predicted molar refractivity (Wildman–Crippen MR) is 131 cm³/mol. The van der Waals surface area contributed by atoms with E-state index in [2.05, 4.69) is 32.8 Å². The van der Waals surface area contributed by atoms with Gasteiger partial charge in [-0.15, -0.1) is 24.0 Å². The molecule has 1 heterocycles. The fourth-order valence-electron chi connectivity index (χ4n) is 3.20. The third kappa shape index (κ3) is 13.1. The molecule has 5 N–H and O–H groups in total. The summed E-state index contributed by atoms with van der Waals surface area (Å²) in [6.45, 7) is 12.9. The van der Waals surface area contributed by atoms with Gasteiger partial charge in [-0.25, -0.2) is 4.79 Å². The molecule has 2 amide bonds. The third-order valence-corrected chi connectivity index (χ3v) is 4.48. The lowest BCUT2D eigenvalue weighted by molar-refractivity contribution is -0.119. The van der Waals surface area contributed by atoms with Crippen LogP contribution in [0.2, 0.25) is 0 Å². The zero-order valence-corrected chi connectivity index (χ0v) is 21.5. The number of piperidine rings is 1. The fourth-order valence-corrected chi connectivity index (χ4v) is 3.20. The van der Waals surface area contributed by atoms with Crippen molar-refractivity contribution in [3.8, 4) is 0 Å². The highest BCUT2D eigenvalue weighted by Gasteiger charge is 2.22. The quantitative estimate of drug-likeness (QED) is 0.201. The Hall–Kier alpha value is -1.30. The highest BCUT2D eigenvalue weighted by Crippen LogP contribution is 2.10. The highest BCUT2D eigenvalue weighted by molar-refractivity contribution is 14.0. The maximum Gasteiger partial charge on any atom is 0.407 e. The van der Waals surface area contributed by atoms with Gasteiger partial charge >= 0.3 is 6.09 Å². The van der Waals surface area contributed by atoms with Crippen LogP contribution in [-0.2, 0) is 9.53 Å². The molecule has 0 aliphatic carbocycles. The summed E-state index contributed by atoms with van der Waals surface area (Å²) in [7, 11) is 0. The molecule has 1 fully saturated rings. The van der Waals surface area contributed by atoms with Gasteiger partial charge in [0.15, 0.2) is 5.96 Å². The number of carbonyl (C=O) groups is 2.